The topological polar surface area (TPSA) is 39.2 Å². The van der Waals surface area contributed by atoms with Gasteiger partial charge in [-0.2, -0.15) is 0 Å². The van der Waals surface area contributed by atoms with Gasteiger partial charge in [-0.1, -0.05) is 20.8 Å². The summed E-state index contributed by atoms with van der Waals surface area (Å²) in [6.07, 6.45) is 1.66. The van der Waals surface area contributed by atoms with E-state index in [2.05, 4.69) is 4.98 Å². The van der Waals surface area contributed by atoms with Crippen molar-refractivity contribution in [3.05, 3.63) is 29.6 Å². The number of pyridine rings is 1. The van der Waals surface area contributed by atoms with Gasteiger partial charge in [0.25, 0.3) is 0 Å². The normalized spacial score (nSPS) is 11.2. The fraction of sp³-hybridized carbons (Fsp3) is 0.500. The maximum absolute atomic E-state index is 11.6. The van der Waals surface area contributed by atoms with Crippen LogP contribution in [-0.2, 0) is 4.74 Å². The largest absolute Gasteiger partial charge is 0.461 e. The van der Waals surface area contributed by atoms with Crippen molar-refractivity contribution >= 4 is 5.97 Å². The molecule has 0 amide bonds. The Balaban J connectivity index is 2.66. The van der Waals surface area contributed by atoms with Crippen molar-refractivity contribution in [2.24, 2.45) is 5.41 Å². The molecule has 0 aliphatic rings. The van der Waals surface area contributed by atoms with E-state index in [0.717, 1.165) is 0 Å². The Bertz CT molecular complexity index is 353. The van der Waals surface area contributed by atoms with Crippen LogP contribution in [0.1, 0.15) is 36.8 Å². The summed E-state index contributed by atoms with van der Waals surface area (Å²) in [4.78, 5) is 15.7. The number of hydrogen-bond donors (Lipinski definition) is 0. The maximum atomic E-state index is 11.6. The van der Waals surface area contributed by atoms with E-state index in [0.29, 0.717) is 17.9 Å². The zero-order valence-corrected chi connectivity index (χ0v) is 9.70. The fourth-order valence-electron chi connectivity index (χ4n) is 1.06. The molecule has 0 bridgehead atoms. The number of aryl methyl sites for hydroxylation is 1. The van der Waals surface area contributed by atoms with Gasteiger partial charge in [0.15, 0.2) is 0 Å². The molecule has 1 aromatic rings. The first-order valence-corrected chi connectivity index (χ1v) is 4.99. The molecule has 1 rings (SSSR count). The lowest BCUT2D eigenvalue weighted by atomic mass is 9.99. The molecule has 3 heteroatoms. The highest BCUT2D eigenvalue weighted by Crippen LogP contribution is 2.14. The number of carbonyl (C=O) groups excluding carboxylic acids is 1. The average Bonchev–Trinajstić information content (AvgIpc) is 2.14. The van der Waals surface area contributed by atoms with Crippen LogP contribution < -0.4 is 0 Å². The molecule has 0 radical (unpaired) electrons. The zero-order chi connectivity index (χ0) is 11.5. The second kappa shape index (κ2) is 4.43. The van der Waals surface area contributed by atoms with E-state index in [9.17, 15) is 4.79 Å². The first-order chi connectivity index (χ1) is 6.90. The number of esters is 1. The van der Waals surface area contributed by atoms with Crippen molar-refractivity contribution in [2.75, 3.05) is 6.61 Å². The van der Waals surface area contributed by atoms with E-state index in [1.807, 2.05) is 20.8 Å². The monoisotopic (exact) mass is 207 g/mol. The molecule has 1 aromatic heterocycles. The Kier molecular flexibility index (Phi) is 3.45. The third-order valence-corrected chi connectivity index (χ3v) is 1.86. The third kappa shape index (κ3) is 3.70. The number of hydrogen-bond acceptors (Lipinski definition) is 3. The highest BCUT2D eigenvalue weighted by Gasteiger charge is 2.16. The third-order valence-electron chi connectivity index (χ3n) is 1.86. The molecule has 0 saturated carbocycles. The highest BCUT2D eigenvalue weighted by atomic mass is 16.5. The summed E-state index contributed by atoms with van der Waals surface area (Å²) >= 11 is 0. The minimum absolute atomic E-state index is 0.00816. The van der Waals surface area contributed by atoms with Crippen LogP contribution in [0.15, 0.2) is 18.3 Å². The van der Waals surface area contributed by atoms with Crippen molar-refractivity contribution < 1.29 is 9.53 Å². The van der Waals surface area contributed by atoms with Gasteiger partial charge >= 0.3 is 5.97 Å². The van der Waals surface area contributed by atoms with Crippen LogP contribution in [0.2, 0.25) is 0 Å². The predicted molar refractivity (Wildman–Crippen MR) is 58.7 cm³/mol. The van der Waals surface area contributed by atoms with Crippen LogP contribution >= 0.6 is 0 Å². The standard InChI is InChI=1S/C12H17NO2/c1-9-10(6-5-7-13-9)11(14)15-8-12(2,3)4/h5-7H,8H2,1-4H3. The molecule has 0 N–H and O–H groups in total. The van der Waals surface area contributed by atoms with Crippen molar-refractivity contribution in [3.8, 4) is 0 Å². The summed E-state index contributed by atoms with van der Waals surface area (Å²) in [6, 6.07) is 3.47. The Labute approximate surface area is 90.5 Å². The molecule has 1 heterocycles. The molecule has 15 heavy (non-hydrogen) atoms. The van der Waals surface area contributed by atoms with Gasteiger partial charge < -0.3 is 4.74 Å². The molecule has 0 spiro atoms. The first-order valence-electron chi connectivity index (χ1n) is 4.99. The Morgan fingerprint density at radius 1 is 1.47 bits per heavy atom. The fourth-order valence-corrected chi connectivity index (χ4v) is 1.06. The Morgan fingerprint density at radius 3 is 2.67 bits per heavy atom. The summed E-state index contributed by atoms with van der Waals surface area (Å²) in [5.41, 5.74) is 1.24. The molecular formula is C12H17NO2. The van der Waals surface area contributed by atoms with Gasteiger partial charge in [0.05, 0.1) is 17.9 Å². The maximum Gasteiger partial charge on any atom is 0.339 e. The molecular weight excluding hydrogens is 190 g/mol. The SMILES string of the molecule is Cc1ncccc1C(=O)OCC(C)(C)C. The number of ether oxygens (including phenoxy) is 1. The molecule has 0 aliphatic carbocycles. The van der Waals surface area contributed by atoms with Crippen LogP contribution in [0, 0.1) is 12.3 Å². The van der Waals surface area contributed by atoms with Gasteiger partial charge in [-0.3, -0.25) is 4.98 Å². The minimum atomic E-state index is -0.296. The quantitative estimate of drug-likeness (QED) is 0.700. The molecule has 0 atom stereocenters. The van der Waals surface area contributed by atoms with E-state index in [1.54, 1.807) is 25.3 Å². The van der Waals surface area contributed by atoms with Crippen LogP contribution in [0.5, 0.6) is 0 Å². The van der Waals surface area contributed by atoms with E-state index >= 15 is 0 Å². The van der Waals surface area contributed by atoms with Crippen molar-refractivity contribution in [3.63, 3.8) is 0 Å². The van der Waals surface area contributed by atoms with E-state index in [1.165, 1.54) is 0 Å². The highest BCUT2D eigenvalue weighted by molar-refractivity contribution is 5.90. The second-order valence-corrected chi connectivity index (χ2v) is 4.77. The number of nitrogens with zero attached hydrogens (tertiary/aromatic N) is 1. The lowest BCUT2D eigenvalue weighted by molar-refractivity contribution is 0.0365. The van der Waals surface area contributed by atoms with Crippen LogP contribution in [-0.4, -0.2) is 17.6 Å². The molecule has 0 saturated heterocycles. The lowest BCUT2D eigenvalue weighted by Crippen LogP contribution is -2.19. The average molecular weight is 207 g/mol. The van der Waals surface area contributed by atoms with E-state index in [4.69, 9.17) is 4.74 Å². The molecule has 82 valence electrons. The molecule has 0 fully saturated rings. The summed E-state index contributed by atoms with van der Waals surface area (Å²) < 4.78 is 5.19. The number of rotatable bonds is 2. The second-order valence-electron chi connectivity index (χ2n) is 4.77. The summed E-state index contributed by atoms with van der Waals surface area (Å²) in [7, 11) is 0. The molecule has 0 unspecified atom stereocenters. The Morgan fingerprint density at radius 2 is 2.13 bits per heavy atom. The van der Waals surface area contributed by atoms with Crippen LogP contribution in [0.4, 0.5) is 0 Å². The smallest absolute Gasteiger partial charge is 0.339 e. The van der Waals surface area contributed by atoms with Crippen molar-refractivity contribution in [1.82, 2.24) is 4.98 Å². The van der Waals surface area contributed by atoms with E-state index < -0.39 is 0 Å². The summed E-state index contributed by atoms with van der Waals surface area (Å²) in [5, 5.41) is 0. The predicted octanol–water partition coefficient (Wildman–Crippen LogP) is 2.59. The van der Waals surface area contributed by atoms with Gasteiger partial charge in [-0.25, -0.2) is 4.79 Å². The van der Waals surface area contributed by atoms with Gasteiger partial charge in [0, 0.05) is 6.20 Å². The van der Waals surface area contributed by atoms with Gasteiger partial charge in [0.1, 0.15) is 0 Å². The van der Waals surface area contributed by atoms with Gasteiger partial charge in [0.2, 0.25) is 0 Å². The molecule has 0 aromatic carbocycles. The summed E-state index contributed by atoms with van der Waals surface area (Å²) in [5.74, 6) is -0.296. The minimum Gasteiger partial charge on any atom is -0.461 e. The number of aromatic nitrogens is 1. The number of carbonyl (C=O) groups is 1. The first kappa shape index (κ1) is 11.7. The van der Waals surface area contributed by atoms with Crippen molar-refractivity contribution in [1.29, 1.82) is 0 Å². The molecule has 3 nitrogen and oxygen atoms in total. The summed E-state index contributed by atoms with van der Waals surface area (Å²) in [6.45, 7) is 8.29. The molecule has 0 aliphatic heterocycles. The zero-order valence-electron chi connectivity index (χ0n) is 9.70. The lowest BCUT2D eigenvalue weighted by Gasteiger charge is -2.17. The van der Waals surface area contributed by atoms with E-state index in [-0.39, 0.29) is 11.4 Å². The Hall–Kier alpha value is -1.38. The van der Waals surface area contributed by atoms with Crippen molar-refractivity contribution in [2.45, 2.75) is 27.7 Å². The van der Waals surface area contributed by atoms with Gasteiger partial charge in [-0.05, 0) is 24.5 Å². The van der Waals surface area contributed by atoms with Crippen LogP contribution in [0.25, 0.3) is 0 Å². The van der Waals surface area contributed by atoms with Gasteiger partial charge in [-0.15, -0.1) is 0 Å². The van der Waals surface area contributed by atoms with Crippen LogP contribution in [0.3, 0.4) is 0 Å².